The SMILES string of the molecule is CCCOc1c(Cl)cc(C(=O)N2CCCC(CNS(=O)(=O)c3ccc(C)cc3)C2)cc1OC. The van der Waals surface area contributed by atoms with Gasteiger partial charge < -0.3 is 14.4 Å². The van der Waals surface area contributed by atoms with Crippen molar-refractivity contribution >= 4 is 27.5 Å². The maximum Gasteiger partial charge on any atom is 0.254 e. The molecule has 2 aromatic rings. The van der Waals surface area contributed by atoms with Crippen LogP contribution in [0.2, 0.25) is 5.02 Å². The number of ether oxygens (including phenoxy) is 2. The number of halogens is 1. The summed E-state index contributed by atoms with van der Waals surface area (Å²) in [4.78, 5) is 15.2. The summed E-state index contributed by atoms with van der Waals surface area (Å²) in [7, 11) is -2.09. The van der Waals surface area contributed by atoms with Crippen molar-refractivity contribution in [2.75, 3.05) is 33.4 Å². The van der Waals surface area contributed by atoms with Crippen molar-refractivity contribution in [3.8, 4) is 11.5 Å². The van der Waals surface area contributed by atoms with Crippen molar-refractivity contribution in [1.29, 1.82) is 0 Å². The van der Waals surface area contributed by atoms with Gasteiger partial charge >= 0.3 is 0 Å². The summed E-state index contributed by atoms with van der Waals surface area (Å²) >= 11 is 6.38. The lowest BCUT2D eigenvalue weighted by molar-refractivity contribution is 0.0676. The smallest absolute Gasteiger partial charge is 0.254 e. The Bertz CT molecular complexity index is 1070. The zero-order valence-corrected chi connectivity index (χ0v) is 20.8. The number of hydrogen-bond donors (Lipinski definition) is 1. The number of benzene rings is 2. The van der Waals surface area contributed by atoms with Gasteiger partial charge in [-0.3, -0.25) is 4.79 Å². The van der Waals surface area contributed by atoms with Crippen molar-refractivity contribution < 1.29 is 22.7 Å². The Morgan fingerprint density at radius 2 is 1.97 bits per heavy atom. The second-order valence-corrected chi connectivity index (χ2v) is 10.4. The third-order valence-electron chi connectivity index (χ3n) is 5.63. The molecule has 2 aromatic carbocycles. The first-order valence-electron chi connectivity index (χ1n) is 11.1. The van der Waals surface area contributed by atoms with Crippen LogP contribution >= 0.6 is 11.6 Å². The van der Waals surface area contributed by atoms with E-state index in [9.17, 15) is 13.2 Å². The number of methoxy groups -OCH3 is 1. The van der Waals surface area contributed by atoms with E-state index in [1.165, 1.54) is 7.11 Å². The molecule has 0 radical (unpaired) electrons. The van der Waals surface area contributed by atoms with Gasteiger partial charge in [-0.15, -0.1) is 0 Å². The van der Waals surface area contributed by atoms with Crippen molar-refractivity contribution in [3.05, 3.63) is 52.5 Å². The molecule has 1 unspecified atom stereocenters. The Morgan fingerprint density at radius 1 is 1.24 bits per heavy atom. The third-order valence-corrected chi connectivity index (χ3v) is 7.35. The molecule has 1 fully saturated rings. The fraction of sp³-hybridized carbons (Fsp3) is 0.458. The lowest BCUT2D eigenvalue weighted by Crippen LogP contribution is -2.43. The Labute approximate surface area is 201 Å². The summed E-state index contributed by atoms with van der Waals surface area (Å²) < 4.78 is 39.0. The number of piperidine rings is 1. The predicted octanol–water partition coefficient (Wildman–Crippen LogP) is 4.28. The van der Waals surface area contributed by atoms with Crippen LogP contribution in [0.15, 0.2) is 41.3 Å². The fourth-order valence-electron chi connectivity index (χ4n) is 3.81. The van der Waals surface area contributed by atoms with Crippen LogP contribution in [0.5, 0.6) is 11.5 Å². The van der Waals surface area contributed by atoms with Crippen molar-refractivity contribution in [3.63, 3.8) is 0 Å². The first kappa shape index (κ1) is 25.3. The molecule has 1 aliphatic rings. The molecule has 7 nitrogen and oxygen atoms in total. The van der Waals surface area contributed by atoms with Gasteiger partial charge in [-0.25, -0.2) is 13.1 Å². The third kappa shape index (κ3) is 6.40. The van der Waals surface area contributed by atoms with Gasteiger partial charge in [0.15, 0.2) is 11.5 Å². The van der Waals surface area contributed by atoms with Gasteiger partial charge in [-0.2, -0.15) is 0 Å². The topological polar surface area (TPSA) is 84.9 Å². The molecule has 1 atom stereocenters. The van der Waals surface area contributed by atoms with E-state index in [-0.39, 0.29) is 23.3 Å². The Balaban J connectivity index is 1.67. The van der Waals surface area contributed by atoms with E-state index >= 15 is 0 Å². The van der Waals surface area contributed by atoms with E-state index in [0.29, 0.717) is 41.8 Å². The molecule has 1 N–H and O–H groups in total. The average Bonchev–Trinajstić information content (AvgIpc) is 2.81. The molecule has 33 heavy (non-hydrogen) atoms. The summed E-state index contributed by atoms with van der Waals surface area (Å²) in [6, 6.07) is 9.98. The fourth-order valence-corrected chi connectivity index (χ4v) is 5.20. The average molecular weight is 495 g/mol. The number of nitrogens with one attached hydrogen (secondary N) is 1. The number of aryl methyl sites for hydroxylation is 1. The summed E-state index contributed by atoms with van der Waals surface area (Å²) in [6.45, 7) is 5.73. The number of sulfonamides is 1. The van der Waals surface area contributed by atoms with Crippen LogP contribution in [0.3, 0.4) is 0 Å². The molecule has 1 heterocycles. The first-order valence-corrected chi connectivity index (χ1v) is 13.0. The number of hydrogen-bond acceptors (Lipinski definition) is 5. The summed E-state index contributed by atoms with van der Waals surface area (Å²) in [5.41, 5.74) is 1.42. The lowest BCUT2D eigenvalue weighted by Gasteiger charge is -2.33. The molecule has 1 aliphatic heterocycles. The van der Waals surface area contributed by atoms with Gasteiger partial charge in [-0.1, -0.05) is 36.2 Å². The molecular weight excluding hydrogens is 464 g/mol. The number of nitrogens with zero attached hydrogens (tertiary/aromatic N) is 1. The first-order chi connectivity index (χ1) is 15.7. The molecule has 1 saturated heterocycles. The summed E-state index contributed by atoms with van der Waals surface area (Å²) in [6.07, 6.45) is 2.46. The van der Waals surface area contributed by atoms with Gasteiger partial charge in [-0.05, 0) is 56.4 Å². The van der Waals surface area contributed by atoms with Crippen LogP contribution in [0.4, 0.5) is 0 Å². The van der Waals surface area contributed by atoms with Crippen LogP contribution < -0.4 is 14.2 Å². The van der Waals surface area contributed by atoms with E-state index in [1.54, 1.807) is 41.3 Å². The van der Waals surface area contributed by atoms with Crippen LogP contribution in [-0.4, -0.2) is 52.6 Å². The van der Waals surface area contributed by atoms with Gasteiger partial charge in [0.1, 0.15) is 0 Å². The van der Waals surface area contributed by atoms with E-state index in [1.807, 2.05) is 13.8 Å². The summed E-state index contributed by atoms with van der Waals surface area (Å²) in [5.74, 6) is 0.703. The minimum absolute atomic E-state index is 0.0208. The van der Waals surface area contributed by atoms with Gasteiger partial charge in [0.05, 0.1) is 23.6 Å². The normalized spacial score (nSPS) is 16.5. The quantitative estimate of drug-likeness (QED) is 0.562. The van der Waals surface area contributed by atoms with Crippen molar-refractivity contribution in [2.24, 2.45) is 5.92 Å². The maximum atomic E-state index is 13.2. The highest BCUT2D eigenvalue weighted by Crippen LogP contribution is 2.37. The zero-order chi connectivity index (χ0) is 24.0. The second kappa shape index (κ2) is 11.2. The Hall–Kier alpha value is -2.29. The molecule has 3 rings (SSSR count). The number of amides is 1. The zero-order valence-electron chi connectivity index (χ0n) is 19.3. The monoisotopic (exact) mass is 494 g/mol. The van der Waals surface area contributed by atoms with E-state index in [2.05, 4.69) is 4.72 Å². The Kier molecular flexibility index (Phi) is 8.62. The van der Waals surface area contributed by atoms with Crippen LogP contribution in [-0.2, 0) is 10.0 Å². The summed E-state index contributed by atoms with van der Waals surface area (Å²) in [5, 5.41) is 0.325. The van der Waals surface area contributed by atoms with Crippen LogP contribution in [0.25, 0.3) is 0 Å². The van der Waals surface area contributed by atoms with Crippen LogP contribution in [0, 0.1) is 12.8 Å². The molecule has 180 valence electrons. The van der Waals surface area contributed by atoms with E-state index in [0.717, 1.165) is 24.8 Å². The van der Waals surface area contributed by atoms with Crippen molar-refractivity contribution in [1.82, 2.24) is 9.62 Å². The number of carbonyl (C=O) groups is 1. The minimum Gasteiger partial charge on any atom is -0.493 e. The number of rotatable bonds is 9. The molecule has 9 heteroatoms. The lowest BCUT2D eigenvalue weighted by atomic mass is 9.97. The standard InChI is InChI=1S/C24H31ClN2O5S/c1-4-12-32-23-21(25)13-19(14-22(23)31-3)24(28)27-11-5-6-18(16-27)15-26-33(29,30)20-9-7-17(2)8-10-20/h7-10,13-14,18,26H,4-6,11-12,15-16H2,1-3H3. The molecule has 0 aliphatic carbocycles. The molecular formula is C24H31ClN2O5S. The largest absolute Gasteiger partial charge is 0.493 e. The molecule has 0 saturated carbocycles. The molecule has 0 aromatic heterocycles. The van der Waals surface area contributed by atoms with Crippen LogP contribution in [0.1, 0.15) is 42.1 Å². The minimum atomic E-state index is -3.59. The highest BCUT2D eigenvalue weighted by molar-refractivity contribution is 7.89. The number of carbonyl (C=O) groups excluding carboxylic acids is 1. The van der Waals surface area contributed by atoms with Gasteiger partial charge in [0, 0.05) is 25.2 Å². The molecule has 0 spiro atoms. The predicted molar refractivity (Wildman–Crippen MR) is 129 cm³/mol. The van der Waals surface area contributed by atoms with Crippen molar-refractivity contribution in [2.45, 2.75) is 38.0 Å². The maximum absolute atomic E-state index is 13.2. The van der Waals surface area contributed by atoms with E-state index < -0.39 is 10.0 Å². The highest BCUT2D eigenvalue weighted by Gasteiger charge is 2.27. The molecule has 0 bridgehead atoms. The number of likely N-dealkylation sites (tertiary alicyclic amines) is 1. The second-order valence-electron chi connectivity index (χ2n) is 8.26. The van der Waals surface area contributed by atoms with Gasteiger partial charge in [0.25, 0.3) is 5.91 Å². The Morgan fingerprint density at radius 3 is 2.64 bits per heavy atom. The van der Waals surface area contributed by atoms with Gasteiger partial charge in [0.2, 0.25) is 10.0 Å². The molecule has 1 amide bonds. The highest BCUT2D eigenvalue weighted by atomic mass is 35.5. The van der Waals surface area contributed by atoms with E-state index in [4.69, 9.17) is 21.1 Å².